The van der Waals surface area contributed by atoms with Crippen LogP contribution in [0.5, 0.6) is 0 Å². The molecule has 2 heterocycles. The minimum Gasteiger partial charge on any atom is -0.381 e. The number of rotatable bonds is 4. The third kappa shape index (κ3) is 4.06. The van der Waals surface area contributed by atoms with Gasteiger partial charge in [0.05, 0.1) is 6.61 Å². The van der Waals surface area contributed by atoms with E-state index in [0.29, 0.717) is 5.92 Å². The average molecular weight is 342 g/mol. The molecule has 4 nitrogen and oxygen atoms in total. The topological polar surface area (TPSA) is 41.6 Å². The van der Waals surface area contributed by atoms with E-state index < -0.39 is 0 Å². The molecule has 3 aliphatic rings. The molecule has 1 unspecified atom stereocenters. The Balaban J connectivity index is 1.35. The molecule has 1 aromatic rings. The van der Waals surface area contributed by atoms with Gasteiger partial charge < -0.3 is 10.1 Å². The summed E-state index contributed by atoms with van der Waals surface area (Å²) in [5, 5.41) is 3.11. The highest BCUT2D eigenvalue weighted by atomic mass is 16.5. The molecule has 1 saturated carbocycles. The van der Waals surface area contributed by atoms with Gasteiger partial charge in [0.2, 0.25) is 0 Å². The lowest BCUT2D eigenvalue weighted by Gasteiger charge is -2.36. The van der Waals surface area contributed by atoms with Crippen LogP contribution in [-0.2, 0) is 17.6 Å². The lowest BCUT2D eigenvalue weighted by Crippen LogP contribution is -2.41. The molecule has 2 aliphatic heterocycles. The number of benzene rings is 1. The van der Waals surface area contributed by atoms with Crippen LogP contribution in [0.25, 0.3) is 0 Å². The van der Waals surface area contributed by atoms with Gasteiger partial charge in [-0.2, -0.15) is 0 Å². The summed E-state index contributed by atoms with van der Waals surface area (Å²) in [6.07, 6.45) is 8.59. The lowest BCUT2D eigenvalue weighted by molar-refractivity contribution is 0.0536. The maximum atomic E-state index is 12.5. The molecule has 25 heavy (non-hydrogen) atoms. The molecule has 1 saturated heterocycles. The van der Waals surface area contributed by atoms with Crippen LogP contribution in [0.4, 0.5) is 0 Å². The van der Waals surface area contributed by atoms with E-state index >= 15 is 0 Å². The predicted molar refractivity (Wildman–Crippen MR) is 98.9 cm³/mol. The van der Waals surface area contributed by atoms with Crippen molar-refractivity contribution in [1.29, 1.82) is 0 Å². The summed E-state index contributed by atoms with van der Waals surface area (Å²) in [5.74, 6) is 0.531. The molecule has 0 bridgehead atoms. The Bertz CT molecular complexity index is 606. The van der Waals surface area contributed by atoms with Gasteiger partial charge in [0.25, 0.3) is 5.91 Å². The van der Waals surface area contributed by atoms with Crippen LogP contribution in [0.15, 0.2) is 18.2 Å². The van der Waals surface area contributed by atoms with E-state index in [1.54, 1.807) is 0 Å². The van der Waals surface area contributed by atoms with Crippen molar-refractivity contribution < 1.29 is 9.53 Å². The highest BCUT2D eigenvalue weighted by Crippen LogP contribution is 2.27. The van der Waals surface area contributed by atoms with Crippen molar-refractivity contribution in [2.24, 2.45) is 5.92 Å². The number of carbonyl (C=O) groups excluding carboxylic acids is 1. The van der Waals surface area contributed by atoms with Crippen LogP contribution in [0.1, 0.15) is 53.6 Å². The van der Waals surface area contributed by atoms with Crippen molar-refractivity contribution in [2.75, 3.05) is 32.8 Å². The molecule has 0 aromatic heterocycles. The standard InChI is InChI=1S/C21H30N2O2/c24-21(22-14-16-3-2-12-25-15-16)19-7-6-17-8-10-23(20-4-1-5-20)11-9-18(17)13-19/h6-7,13,16,20H,1-5,8-12,14-15H2,(H,22,24). The number of nitrogens with zero attached hydrogens (tertiary/aromatic N) is 1. The first kappa shape index (κ1) is 17.0. The third-order valence-electron chi connectivity index (χ3n) is 6.20. The number of nitrogens with one attached hydrogen (secondary N) is 1. The Morgan fingerprint density at radius 2 is 1.96 bits per heavy atom. The van der Waals surface area contributed by atoms with Gasteiger partial charge >= 0.3 is 0 Å². The second kappa shape index (κ2) is 7.88. The van der Waals surface area contributed by atoms with Crippen LogP contribution in [0, 0.1) is 5.92 Å². The molecule has 0 spiro atoms. The molecule has 1 aromatic carbocycles. The number of hydrogen-bond donors (Lipinski definition) is 1. The van der Waals surface area contributed by atoms with Gasteiger partial charge in [-0.1, -0.05) is 12.5 Å². The molecule has 136 valence electrons. The quantitative estimate of drug-likeness (QED) is 0.915. The maximum absolute atomic E-state index is 12.5. The SMILES string of the molecule is O=C(NCC1CCCOC1)c1ccc2c(c1)CCN(C1CCC1)CC2. The average Bonchev–Trinajstić information content (AvgIpc) is 2.81. The maximum Gasteiger partial charge on any atom is 0.251 e. The first-order chi connectivity index (χ1) is 12.3. The third-order valence-corrected chi connectivity index (χ3v) is 6.20. The highest BCUT2D eigenvalue weighted by molar-refractivity contribution is 5.94. The number of hydrogen-bond acceptors (Lipinski definition) is 3. The van der Waals surface area contributed by atoms with E-state index in [2.05, 4.69) is 22.3 Å². The van der Waals surface area contributed by atoms with E-state index in [-0.39, 0.29) is 5.91 Å². The molecule has 4 heteroatoms. The van der Waals surface area contributed by atoms with E-state index in [4.69, 9.17) is 4.74 Å². The van der Waals surface area contributed by atoms with Gasteiger partial charge in [-0.3, -0.25) is 9.69 Å². The summed E-state index contributed by atoms with van der Waals surface area (Å²) in [7, 11) is 0. The number of amides is 1. The summed E-state index contributed by atoms with van der Waals surface area (Å²) >= 11 is 0. The molecule has 4 rings (SSSR count). The molecular formula is C21H30N2O2. The second-order valence-electron chi connectivity index (χ2n) is 7.90. The van der Waals surface area contributed by atoms with Crippen molar-refractivity contribution >= 4 is 5.91 Å². The second-order valence-corrected chi connectivity index (χ2v) is 7.90. The molecule has 0 radical (unpaired) electrons. The smallest absolute Gasteiger partial charge is 0.251 e. The van der Waals surface area contributed by atoms with Crippen LogP contribution in [0.3, 0.4) is 0 Å². The summed E-state index contributed by atoms with van der Waals surface area (Å²) in [5.41, 5.74) is 3.61. The predicted octanol–water partition coefficient (Wildman–Crippen LogP) is 2.80. The monoisotopic (exact) mass is 342 g/mol. The summed E-state index contributed by atoms with van der Waals surface area (Å²) < 4.78 is 5.50. The zero-order valence-electron chi connectivity index (χ0n) is 15.1. The van der Waals surface area contributed by atoms with Crippen molar-refractivity contribution in [3.63, 3.8) is 0 Å². The largest absolute Gasteiger partial charge is 0.381 e. The summed E-state index contributed by atoms with van der Waals surface area (Å²) in [6, 6.07) is 7.13. The minimum atomic E-state index is 0.0634. The van der Waals surface area contributed by atoms with E-state index in [1.165, 1.54) is 36.9 Å². The minimum absolute atomic E-state index is 0.0634. The Morgan fingerprint density at radius 1 is 1.12 bits per heavy atom. The van der Waals surface area contributed by atoms with Crippen molar-refractivity contribution in [3.8, 4) is 0 Å². The molecule has 2 fully saturated rings. The first-order valence-corrected chi connectivity index (χ1v) is 10.0. The van der Waals surface area contributed by atoms with Crippen molar-refractivity contribution in [1.82, 2.24) is 10.2 Å². The van der Waals surface area contributed by atoms with E-state index in [0.717, 1.165) is 63.6 Å². The zero-order valence-corrected chi connectivity index (χ0v) is 15.1. The van der Waals surface area contributed by atoms with Gasteiger partial charge in [-0.15, -0.1) is 0 Å². The lowest BCUT2D eigenvalue weighted by atomic mass is 9.91. The zero-order chi connectivity index (χ0) is 17.1. The van der Waals surface area contributed by atoms with E-state index in [1.807, 2.05) is 6.07 Å². The van der Waals surface area contributed by atoms with Crippen LogP contribution >= 0.6 is 0 Å². The number of fused-ring (bicyclic) bond motifs is 1. The summed E-state index contributed by atoms with van der Waals surface area (Å²) in [6.45, 7) is 4.69. The normalized spacial score (nSPS) is 24.9. The molecule has 1 aliphatic carbocycles. The molecular weight excluding hydrogens is 312 g/mol. The van der Waals surface area contributed by atoms with Crippen molar-refractivity contribution in [3.05, 3.63) is 34.9 Å². The molecule has 1 N–H and O–H groups in total. The Labute approximate surface area is 150 Å². The Morgan fingerprint density at radius 3 is 2.68 bits per heavy atom. The van der Waals surface area contributed by atoms with Gasteiger partial charge in [-0.05, 0) is 67.7 Å². The van der Waals surface area contributed by atoms with Gasteiger partial charge in [0, 0.05) is 37.8 Å². The van der Waals surface area contributed by atoms with Crippen LogP contribution < -0.4 is 5.32 Å². The Hall–Kier alpha value is -1.39. The fourth-order valence-corrected chi connectivity index (χ4v) is 4.31. The van der Waals surface area contributed by atoms with Crippen molar-refractivity contribution in [2.45, 2.75) is 51.0 Å². The fourth-order valence-electron chi connectivity index (χ4n) is 4.31. The number of ether oxygens (including phenoxy) is 1. The van der Waals surface area contributed by atoms with Gasteiger partial charge in [0.15, 0.2) is 0 Å². The van der Waals surface area contributed by atoms with Gasteiger partial charge in [-0.25, -0.2) is 0 Å². The van der Waals surface area contributed by atoms with Crippen LogP contribution in [-0.4, -0.2) is 49.7 Å². The van der Waals surface area contributed by atoms with E-state index in [9.17, 15) is 4.79 Å². The summed E-state index contributed by atoms with van der Waals surface area (Å²) in [4.78, 5) is 15.2. The molecule has 1 amide bonds. The van der Waals surface area contributed by atoms with Gasteiger partial charge in [0.1, 0.15) is 0 Å². The number of carbonyl (C=O) groups is 1. The van der Waals surface area contributed by atoms with Crippen LogP contribution in [0.2, 0.25) is 0 Å². The fraction of sp³-hybridized carbons (Fsp3) is 0.667. The first-order valence-electron chi connectivity index (χ1n) is 10.0. The highest BCUT2D eigenvalue weighted by Gasteiger charge is 2.26. The Kier molecular flexibility index (Phi) is 5.37. The molecule has 1 atom stereocenters.